The van der Waals surface area contributed by atoms with Crippen LogP contribution in [0, 0.1) is 0 Å². The lowest BCUT2D eigenvalue weighted by Crippen LogP contribution is -2.18. The Morgan fingerprint density at radius 1 is 1.56 bits per heavy atom. The zero-order valence-corrected chi connectivity index (χ0v) is 5.79. The van der Waals surface area contributed by atoms with Gasteiger partial charge in [0.05, 0.1) is 0 Å². The van der Waals surface area contributed by atoms with Gasteiger partial charge in [-0.15, -0.1) is 0 Å². The van der Waals surface area contributed by atoms with Crippen molar-refractivity contribution >= 4 is 5.91 Å². The molecule has 0 saturated carbocycles. The predicted octanol–water partition coefficient (Wildman–Crippen LogP) is 0.817. The van der Waals surface area contributed by atoms with E-state index in [1.54, 1.807) is 26.2 Å². The van der Waals surface area contributed by atoms with Crippen LogP contribution >= 0.6 is 0 Å². The monoisotopic (exact) mass is 125 g/mol. The molecular formula is C7H11NO. The molecule has 0 fully saturated rings. The summed E-state index contributed by atoms with van der Waals surface area (Å²) in [6.45, 7) is 3.43. The quantitative estimate of drug-likeness (QED) is 0.395. The van der Waals surface area contributed by atoms with Gasteiger partial charge in [-0.05, 0) is 0 Å². The van der Waals surface area contributed by atoms with E-state index in [1.807, 2.05) is 0 Å². The van der Waals surface area contributed by atoms with Crippen molar-refractivity contribution in [1.82, 2.24) is 4.90 Å². The highest BCUT2D eigenvalue weighted by Crippen LogP contribution is 1.80. The summed E-state index contributed by atoms with van der Waals surface area (Å²) in [4.78, 5) is 12.2. The molecule has 0 N–H and O–H groups in total. The fraction of sp³-hybridized carbons (Fsp3) is 0.286. The van der Waals surface area contributed by atoms with E-state index in [-0.39, 0.29) is 5.91 Å². The highest BCUT2D eigenvalue weighted by molar-refractivity contribution is 5.87. The molecule has 0 aromatic rings. The van der Waals surface area contributed by atoms with Crippen molar-refractivity contribution in [2.75, 3.05) is 14.1 Å². The zero-order chi connectivity index (χ0) is 7.28. The summed E-state index contributed by atoms with van der Waals surface area (Å²) in [6.07, 6.45) is 4.65. The fourth-order valence-corrected chi connectivity index (χ4v) is 0.299. The second kappa shape index (κ2) is 3.89. The van der Waals surface area contributed by atoms with Crippen LogP contribution < -0.4 is 0 Å². The van der Waals surface area contributed by atoms with Crippen LogP contribution in [0.25, 0.3) is 0 Å². The van der Waals surface area contributed by atoms with E-state index in [0.29, 0.717) is 0 Å². The van der Waals surface area contributed by atoms with Crippen molar-refractivity contribution < 1.29 is 4.79 Å². The maximum Gasteiger partial charge on any atom is 0.246 e. The Kier molecular flexibility index (Phi) is 3.44. The van der Waals surface area contributed by atoms with Crippen LogP contribution in [0.15, 0.2) is 24.8 Å². The van der Waals surface area contributed by atoms with Crippen LogP contribution in [0.3, 0.4) is 0 Å². The SMILES string of the molecule is C=C/C=C\C(=O)N(C)C. The molecule has 2 nitrogen and oxygen atoms in total. The van der Waals surface area contributed by atoms with Gasteiger partial charge >= 0.3 is 0 Å². The number of nitrogens with zero attached hydrogens (tertiary/aromatic N) is 1. The first-order chi connectivity index (χ1) is 4.18. The third kappa shape index (κ3) is 3.53. The molecule has 50 valence electrons. The molecule has 2 heteroatoms. The molecule has 0 radical (unpaired) electrons. The van der Waals surface area contributed by atoms with Crippen LogP contribution in [0.4, 0.5) is 0 Å². The third-order valence-corrected chi connectivity index (χ3v) is 0.816. The van der Waals surface area contributed by atoms with Gasteiger partial charge in [0.25, 0.3) is 0 Å². The number of allylic oxidation sites excluding steroid dienone is 2. The molecule has 0 heterocycles. The number of hydrogen-bond acceptors (Lipinski definition) is 1. The molecule has 0 aliphatic heterocycles. The van der Waals surface area contributed by atoms with Crippen molar-refractivity contribution in [3.63, 3.8) is 0 Å². The lowest BCUT2D eigenvalue weighted by Gasteiger charge is -2.03. The highest BCUT2D eigenvalue weighted by atomic mass is 16.2. The van der Waals surface area contributed by atoms with Gasteiger partial charge in [0.15, 0.2) is 0 Å². The summed E-state index contributed by atoms with van der Waals surface area (Å²) < 4.78 is 0. The van der Waals surface area contributed by atoms with Crippen molar-refractivity contribution in [2.45, 2.75) is 0 Å². The number of rotatable bonds is 2. The second-order valence-corrected chi connectivity index (χ2v) is 1.83. The van der Waals surface area contributed by atoms with Crippen LogP contribution in [-0.4, -0.2) is 24.9 Å². The van der Waals surface area contributed by atoms with Crippen molar-refractivity contribution in [3.05, 3.63) is 24.8 Å². The first-order valence-electron chi connectivity index (χ1n) is 2.69. The molecule has 0 aromatic carbocycles. The second-order valence-electron chi connectivity index (χ2n) is 1.83. The van der Waals surface area contributed by atoms with E-state index >= 15 is 0 Å². The minimum atomic E-state index is -0.0186. The predicted molar refractivity (Wildman–Crippen MR) is 38.0 cm³/mol. The maximum absolute atomic E-state index is 10.7. The molecule has 0 bridgehead atoms. The van der Waals surface area contributed by atoms with Gasteiger partial charge in [0, 0.05) is 20.2 Å². The van der Waals surface area contributed by atoms with Crippen molar-refractivity contribution in [3.8, 4) is 0 Å². The summed E-state index contributed by atoms with van der Waals surface area (Å²) in [5.41, 5.74) is 0. The lowest BCUT2D eigenvalue weighted by molar-refractivity contribution is -0.123. The molecule has 0 atom stereocenters. The van der Waals surface area contributed by atoms with Gasteiger partial charge in [-0.3, -0.25) is 4.79 Å². The number of hydrogen-bond donors (Lipinski definition) is 0. The maximum atomic E-state index is 10.7. The van der Waals surface area contributed by atoms with Crippen molar-refractivity contribution in [2.24, 2.45) is 0 Å². The Balaban J connectivity index is 3.76. The number of carbonyl (C=O) groups is 1. The van der Waals surface area contributed by atoms with Gasteiger partial charge in [0.1, 0.15) is 0 Å². The van der Waals surface area contributed by atoms with E-state index in [2.05, 4.69) is 6.58 Å². The molecule has 0 spiro atoms. The van der Waals surface area contributed by atoms with Crippen LogP contribution in [0.5, 0.6) is 0 Å². The van der Waals surface area contributed by atoms with Gasteiger partial charge in [-0.25, -0.2) is 0 Å². The Labute approximate surface area is 55.5 Å². The molecule has 0 unspecified atom stereocenters. The van der Waals surface area contributed by atoms with Crippen LogP contribution in [0.1, 0.15) is 0 Å². The molecule has 0 saturated heterocycles. The van der Waals surface area contributed by atoms with Gasteiger partial charge in [-0.1, -0.05) is 18.7 Å². The van der Waals surface area contributed by atoms with Gasteiger partial charge in [-0.2, -0.15) is 0 Å². The van der Waals surface area contributed by atoms with Crippen LogP contribution in [-0.2, 0) is 4.79 Å². The Bertz CT molecular complexity index is 136. The highest BCUT2D eigenvalue weighted by Gasteiger charge is 1.93. The minimum absolute atomic E-state index is 0.0186. The summed E-state index contributed by atoms with van der Waals surface area (Å²) >= 11 is 0. The Hall–Kier alpha value is -1.05. The molecule has 9 heavy (non-hydrogen) atoms. The van der Waals surface area contributed by atoms with E-state index < -0.39 is 0 Å². The van der Waals surface area contributed by atoms with E-state index in [0.717, 1.165) is 0 Å². The van der Waals surface area contributed by atoms with Gasteiger partial charge in [0.2, 0.25) is 5.91 Å². The summed E-state index contributed by atoms with van der Waals surface area (Å²) in [6, 6.07) is 0. The summed E-state index contributed by atoms with van der Waals surface area (Å²) in [5.74, 6) is -0.0186. The average molecular weight is 125 g/mol. The normalized spacial score (nSPS) is 9.56. The molecule has 0 aliphatic carbocycles. The smallest absolute Gasteiger partial charge is 0.246 e. The topological polar surface area (TPSA) is 20.3 Å². The minimum Gasteiger partial charge on any atom is -0.345 e. The number of likely N-dealkylation sites (N-methyl/N-ethyl adjacent to an activating group) is 1. The Morgan fingerprint density at radius 3 is 2.44 bits per heavy atom. The third-order valence-electron chi connectivity index (χ3n) is 0.816. The Morgan fingerprint density at radius 2 is 2.11 bits per heavy atom. The molecular weight excluding hydrogens is 114 g/mol. The van der Waals surface area contributed by atoms with E-state index in [1.165, 1.54) is 11.0 Å². The average Bonchev–Trinajstić information content (AvgIpc) is 1.82. The molecule has 1 amide bonds. The summed E-state index contributed by atoms with van der Waals surface area (Å²) in [7, 11) is 3.41. The van der Waals surface area contributed by atoms with Crippen LogP contribution in [0.2, 0.25) is 0 Å². The molecule has 0 rings (SSSR count). The number of carbonyl (C=O) groups excluding carboxylic acids is 1. The van der Waals surface area contributed by atoms with E-state index in [9.17, 15) is 4.79 Å². The molecule has 0 aliphatic rings. The lowest BCUT2D eigenvalue weighted by atomic mass is 10.4. The first-order valence-corrected chi connectivity index (χ1v) is 2.69. The fourth-order valence-electron chi connectivity index (χ4n) is 0.299. The summed E-state index contributed by atoms with van der Waals surface area (Å²) in [5, 5.41) is 0. The van der Waals surface area contributed by atoms with E-state index in [4.69, 9.17) is 0 Å². The largest absolute Gasteiger partial charge is 0.345 e. The zero-order valence-electron chi connectivity index (χ0n) is 5.79. The van der Waals surface area contributed by atoms with Gasteiger partial charge < -0.3 is 4.90 Å². The number of amides is 1. The standard InChI is InChI=1S/C7H11NO/c1-4-5-6-7(9)8(2)3/h4-6H,1H2,2-3H3/b6-5-. The first kappa shape index (κ1) is 7.95. The van der Waals surface area contributed by atoms with Crippen molar-refractivity contribution in [1.29, 1.82) is 0 Å². The molecule has 0 aromatic heterocycles.